The summed E-state index contributed by atoms with van der Waals surface area (Å²) in [4.78, 5) is 10.6. The molecule has 0 unspecified atom stereocenters. The van der Waals surface area contributed by atoms with Crippen LogP contribution in [-0.2, 0) is 9.53 Å². The lowest BCUT2D eigenvalue weighted by Crippen LogP contribution is -2.21. The molecule has 1 atom stereocenters. The van der Waals surface area contributed by atoms with Gasteiger partial charge in [0.25, 0.3) is 0 Å². The smallest absolute Gasteiger partial charge is 0.324 e. The highest BCUT2D eigenvalue weighted by Crippen LogP contribution is 2.09. The van der Waals surface area contributed by atoms with E-state index in [9.17, 15) is 4.79 Å². The summed E-state index contributed by atoms with van der Waals surface area (Å²) >= 11 is 5.59. The molecule has 3 heteroatoms. The van der Waals surface area contributed by atoms with E-state index in [1.54, 1.807) is 0 Å². The number of hydrogen-bond acceptors (Lipinski definition) is 2. The average molecular weight is 151 g/mol. The van der Waals surface area contributed by atoms with Gasteiger partial charge in [-0.3, -0.25) is 4.79 Å². The highest BCUT2D eigenvalue weighted by molar-refractivity contribution is 6.30. The van der Waals surface area contributed by atoms with E-state index in [1.165, 1.54) is 7.11 Å². The molecule has 0 aliphatic heterocycles. The van der Waals surface area contributed by atoms with Gasteiger partial charge >= 0.3 is 5.97 Å². The summed E-state index contributed by atoms with van der Waals surface area (Å²) in [7, 11) is 1.33. The zero-order chi connectivity index (χ0) is 7.44. The Balaban J connectivity index is 3.72. The summed E-state index contributed by atoms with van der Waals surface area (Å²) in [6.45, 7) is 3.74. The molecule has 0 N–H and O–H groups in total. The third kappa shape index (κ3) is 2.70. The Bertz CT molecular complexity index is 101. The maximum Gasteiger partial charge on any atom is 0.324 e. The topological polar surface area (TPSA) is 26.3 Å². The first-order valence-corrected chi connectivity index (χ1v) is 3.25. The summed E-state index contributed by atoms with van der Waals surface area (Å²) < 4.78 is 4.40. The molecule has 0 aromatic carbocycles. The van der Waals surface area contributed by atoms with Gasteiger partial charge in [0.1, 0.15) is 5.38 Å². The van der Waals surface area contributed by atoms with Crippen LogP contribution in [0.5, 0.6) is 0 Å². The average Bonchev–Trinajstić information content (AvgIpc) is 1.84. The number of halogens is 1. The van der Waals surface area contributed by atoms with Gasteiger partial charge in [-0.2, -0.15) is 0 Å². The van der Waals surface area contributed by atoms with Crippen molar-refractivity contribution in [3.63, 3.8) is 0 Å². The van der Waals surface area contributed by atoms with Gasteiger partial charge in [0.15, 0.2) is 0 Å². The largest absolute Gasteiger partial charge is 0.468 e. The summed E-state index contributed by atoms with van der Waals surface area (Å²) in [5.41, 5.74) is 0. The third-order valence-electron chi connectivity index (χ3n) is 1.01. The normalized spacial score (nSPS) is 13.4. The quantitative estimate of drug-likeness (QED) is 0.440. The van der Waals surface area contributed by atoms with Gasteiger partial charge in [-0.1, -0.05) is 13.8 Å². The second kappa shape index (κ2) is 3.72. The van der Waals surface area contributed by atoms with Crippen molar-refractivity contribution in [3.05, 3.63) is 0 Å². The molecule has 0 rings (SSSR count). The number of methoxy groups -OCH3 is 1. The first-order chi connectivity index (χ1) is 4.09. The fourth-order valence-electron chi connectivity index (χ4n) is 0.385. The molecule has 54 valence electrons. The van der Waals surface area contributed by atoms with E-state index < -0.39 is 5.38 Å². The standard InChI is InChI=1S/C6H11ClO2/c1-4(2)5(7)6(8)9-3/h4-5H,1-3H3/t5-/m1/s1. The minimum atomic E-state index is -0.505. The molecule has 2 nitrogen and oxygen atoms in total. The Kier molecular flexibility index (Phi) is 3.62. The predicted octanol–water partition coefficient (Wildman–Crippen LogP) is 1.42. The van der Waals surface area contributed by atoms with Gasteiger partial charge in [-0.15, -0.1) is 11.6 Å². The number of hydrogen-bond donors (Lipinski definition) is 0. The Morgan fingerprint density at radius 2 is 2.00 bits per heavy atom. The fraction of sp³-hybridized carbons (Fsp3) is 0.833. The van der Waals surface area contributed by atoms with Crippen molar-refractivity contribution in [1.82, 2.24) is 0 Å². The highest BCUT2D eigenvalue weighted by Gasteiger charge is 2.18. The van der Waals surface area contributed by atoms with Crippen molar-refractivity contribution in [2.75, 3.05) is 7.11 Å². The van der Waals surface area contributed by atoms with Gasteiger partial charge in [0, 0.05) is 0 Å². The van der Waals surface area contributed by atoms with E-state index in [1.807, 2.05) is 13.8 Å². The molecule has 0 aromatic rings. The predicted molar refractivity (Wildman–Crippen MR) is 36.5 cm³/mol. The van der Waals surface area contributed by atoms with Crippen LogP contribution in [0.15, 0.2) is 0 Å². The van der Waals surface area contributed by atoms with E-state index in [-0.39, 0.29) is 11.9 Å². The van der Waals surface area contributed by atoms with Gasteiger partial charge < -0.3 is 4.74 Å². The van der Waals surface area contributed by atoms with E-state index in [0.29, 0.717) is 0 Å². The molecule has 0 saturated heterocycles. The highest BCUT2D eigenvalue weighted by atomic mass is 35.5. The van der Waals surface area contributed by atoms with Crippen LogP contribution in [0.3, 0.4) is 0 Å². The van der Waals surface area contributed by atoms with Crippen molar-refractivity contribution >= 4 is 17.6 Å². The van der Waals surface area contributed by atoms with Gasteiger partial charge in [-0.25, -0.2) is 0 Å². The molecule has 0 spiro atoms. The molecule has 0 aliphatic carbocycles. The van der Waals surface area contributed by atoms with Crippen molar-refractivity contribution in [3.8, 4) is 0 Å². The number of carbonyl (C=O) groups is 1. The van der Waals surface area contributed by atoms with Crippen LogP contribution in [0.1, 0.15) is 13.8 Å². The molecule has 9 heavy (non-hydrogen) atoms. The molecule has 0 heterocycles. The SMILES string of the molecule is COC(=O)[C@H](Cl)C(C)C. The second-order valence-electron chi connectivity index (χ2n) is 2.17. The first kappa shape index (κ1) is 8.76. The molecule has 0 aliphatic rings. The van der Waals surface area contributed by atoms with Crippen LogP contribution in [-0.4, -0.2) is 18.5 Å². The third-order valence-corrected chi connectivity index (χ3v) is 1.69. The maximum absolute atomic E-state index is 10.6. The monoisotopic (exact) mass is 150 g/mol. The Labute approximate surface area is 60.1 Å². The molecule has 0 amide bonds. The Morgan fingerprint density at radius 1 is 1.56 bits per heavy atom. The number of carbonyl (C=O) groups excluding carboxylic acids is 1. The lowest BCUT2D eigenvalue weighted by atomic mass is 10.1. The van der Waals surface area contributed by atoms with Gasteiger partial charge in [0.05, 0.1) is 7.11 Å². The number of alkyl halides is 1. The molecular formula is C6H11ClO2. The van der Waals surface area contributed by atoms with E-state index in [2.05, 4.69) is 4.74 Å². The van der Waals surface area contributed by atoms with Crippen molar-refractivity contribution in [2.24, 2.45) is 5.92 Å². The van der Waals surface area contributed by atoms with Gasteiger partial charge in [0.2, 0.25) is 0 Å². The zero-order valence-corrected chi connectivity index (χ0v) is 6.61. The van der Waals surface area contributed by atoms with Crippen LogP contribution in [0.4, 0.5) is 0 Å². The maximum atomic E-state index is 10.6. The van der Waals surface area contributed by atoms with Crippen molar-refractivity contribution in [2.45, 2.75) is 19.2 Å². The summed E-state index contributed by atoms with van der Waals surface area (Å²) in [5.74, 6) is -0.217. The lowest BCUT2D eigenvalue weighted by molar-refractivity contribution is -0.140. The molecule has 0 fully saturated rings. The van der Waals surface area contributed by atoms with Crippen molar-refractivity contribution < 1.29 is 9.53 Å². The molecule has 0 radical (unpaired) electrons. The molecular weight excluding hydrogens is 140 g/mol. The zero-order valence-electron chi connectivity index (χ0n) is 5.85. The minimum Gasteiger partial charge on any atom is -0.468 e. The number of rotatable bonds is 2. The summed E-state index contributed by atoms with van der Waals surface area (Å²) in [6, 6.07) is 0. The second-order valence-corrected chi connectivity index (χ2v) is 2.64. The lowest BCUT2D eigenvalue weighted by Gasteiger charge is -2.08. The van der Waals surface area contributed by atoms with Gasteiger partial charge in [-0.05, 0) is 5.92 Å². The number of ether oxygens (including phenoxy) is 1. The summed E-state index contributed by atoms with van der Waals surface area (Å²) in [5, 5.41) is -0.505. The van der Waals surface area contributed by atoms with Crippen LogP contribution in [0, 0.1) is 5.92 Å². The van der Waals surface area contributed by atoms with Crippen LogP contribution in [0.25, 0.3) is 0 Å². The van der Waals surface area contributed by atoms with E-state index in [4.69, 9.17) is 11.6 Å². The first-order valence-electron chi connectivity index (χ1n) is 2.81. The van der Waals surface area contributed by atoms with Crippen LogP contribution >= 0.6 is 11.6 Å². The Hall–Kier alpha value is -0.240. The Morgan fingerprint density at radius 3 is 2.11 bits per heavy atom. The summed E-state index contributed by atoms with van der Waals surface area (Å²) in [6.07, 6.45) is 0. The number of esters is 1. The minimum absolute atomic E-state index is 0.138. The van der Waals surface area contributed by atoms with Crippen molar-refractivity contribution in [1.29, 1.82) is 0 Å². The molecule has 0 bridgehead atoms. The fourth-order valence-corrected chi connectivity index (χ4v) is 0.474. The van der Waals surface area contributed by atoms with E-state index in [0.717, 1.165) is 0 Å². The van der Waals surface area contributed by atoms with E-state index >= 15 is 0 Å². The molecule has 0 aromatic heterocycles. The van der Waals surface area contributed by atoms with Crippen LogP contribution < -0.4 is 0 Å². The van der Waals surface area contributed by atoms with Crippen LogP contribution in [0.2, 0.25) is 0 Å². The molecule has 0 saturated carbocycles.